The van der Waals surface area contributed by atoms with E-state index in [0.29, 0.717) is 12.6 Å². The molecule has 2 aliphatic heterocycles. The average molecular weight is 367 g/mol. The van der Waals surface area contributed by atoms with Crippen LogP contribution in [0.1, 0.15) is 24.0 Å². The Kier molecular flexibility index (Phi) is 6.40. The van der Waals surface area contributed by atoms with E-state index in [1.807, 2.05) is 6.07 Å². The molecule has 0 N–H and O–H groups in total. The van der Waals surface area contributed by atoms with Gasteiger partial charge in [-0.2, -0.15) is 0 Å². The van der Waals surface area contributed by atoms with Crippen LogP contribution < -0.4 is 4.74 Å². The number of nitrogens with zero attached hydrogens (tertiary/aromatic N) is 2. The lowest BCUT2D eigenvalue weighted by Gasteiger charge is -2.41. The van der Waals surface area contributed by atoms with Crippen molar-refractivity contribution in [3.8, 4) is 5.75 Å². The van der Waals surface area contributed by atoms with Crippen molar-refractivity contribution in [3.63, 3.8) is 0 Å². The monoisotopic (exact) mass is 366 g/mol. The van der Waals surface area contributed by atoms with Crippen LogP contribution >= 0.6 is 0 Å². The number of likely N-dealkylation sites (tertiary alicyclic amines) is 1. The largest absolute Gasteiger partial charge is 0.489 e. The molecule has 1 atom stereocenters. The number of piperidine rings is 1. The molecule has 2 fully saturated rings. The molecule has 2 aliphatic rings. The van der Waals surface area contributed by atoms with Gasteiger partial charge in [0.1, 0.15) is 12.4 Å². The molecule has 0 aliphatic carbocycles. The van der Waals surface area contributed by atoms with Gasteiger partial charge in [-0.05, 0) is 42.6 Å². The summed E-state index contributed by atoms with van der Waals surface area (Å²) in [5, 5.41) is 0. The van der Waals surface area contributed by atoms with Gasteiger partial charge < -0.3 is 9.47 Å². The third kappa shape index (κ3) is 5.32. The van der Waals surface area contributed by atoms with Crippen molar-refractivity contribution < 1.29 is 9.47 Å². The Morgan fingerprint density at radius 2 is 1.74 bits per heavy atom. The molecule has 0 saturated carbocycles. The molecule has 0 amide bonds. The normalized spacial score (nSPS) is 21.9. The second-order valence-electron chi connectivity index (χ2n) is 7.60. The van der Waals surface area contributed by atoms with Crippen LogP contribution in [0.25, 0.3) is 0 Å². The fourth-order valence-electron chi connectivity index (χ4n) is 4.15. The second-order valence-corrected chi connectivity index (χ2v) is 7.60. The molecule has 4 rings (SSSR count). The van der Waals surface area contributed by atoms with E-state index in [0.717, 1.165) is 45.1 Å². The molecule has 2 heterocycles. The Labute approximate surface area is 162 Å². The van der Waals surface area contributed by atoms with Gasteiger partial charge in [0, 0.05) is 32.2 Å². The van der Waals surface area contributed by atoms with Gasteiger partial charge in [-0.3, -0.25) is 9.80 Å². The predicted octanol–water partition coefficient (Wildman–Crippen LogP) is 3.56. The molecule has 0 spiro atoms. The molecule has 2 aromatic rings. The fraction of sp³-hybridized carbons (Fsp3) is 0.478. The zero-order valence-electron chi connectivity index (χ0n) is 16.1. The molecular weight excluding hydrogens is 336 g/mol. The Morgan fingerprint density at radius 3 is 2.59 bits per heavy atom. The van der Waals surface area contributed by atoms with E-state index >= 15 is 0 Å². The Hall–Kier alpha value is -1.88. The van der Waals surface area contributed by atoms with Crippen molar-refractivity contribution in [3.05, 3.63) is 65.7 Å². The van der Waals surface area contributed by atoms with Crippen molar-refractivity contribution in [2.45, 2.75) is 32.0 Å². The van der Waals surface area contributed by atoms with Crippen LogP contribution in [0.15, 0.2) is 54.6 Å². The highest BCUT2D eigenvalue weighted by Crippen LogP contribution is 2.21. The highest BCUT2D eigenvalue weighted by Gasteiger charge is 2.26. The zero-order valence-corrected chi connectivity index (χ0v) is 16.1. The van der Waals surface area contributed by atoms with Crippen molar-refractivity contribution in [2.75, 3.05) is 39.4 Å². The minimum atomic E-state index is 0.618. The van der Waals surface area contributed by atoms with E-state index in [1.54, 1.807) is 0 Å². The van der Waals surface area contributed by atoms with Gasteiger partial charge in [0.2, 0.25) is 0 Å². The predicted molar refractivity (Wildman–Crippen MR) is 108 cm³/mol. The number of ether oxygens (including phenoxy) is 2. The maximum absolute atomic E-state index is 6.00. The Bertz CT molecular complexity index is 701. The number of rotatable bonds is 6. The Balaban J connectivity index is 1.32. The smallest absolute Gasteiger partial charge is 0.120 e. The number of benzene rings is 2. The maximum Gasteiger partial charge on any atom is 0.120 e. The first kappa shape index (κ1) is 18.5. The van der Waals surface area contributed by atoms with Crippen LogP contribution in [-0.4, -0.2) is 55.2 Å². The topological polar surface area (TPSA) is 24.9 Å². The summed E-state index contributed by atoms with van der Waals surface area (Å²) >= 11 is 0. The minimum absolute atomic E-state index is 0.618. The van der Waals surface area contributed by atoms with Gasteiger partial charge in [0.25, 0.3) is 0 Å². The van der Waals surface area contributed by atoms with E-state index in [2.05, 4.69) is 58.3 Å². The molecule has 2 saturated heterocycles. The van der Waals surface area contributed by atoms with Crippen molar-refractivity contribution in [2.24, 2.45) is 0 Å². The first-order valence-corrected chi connectivity index (χ1v) is 10.2. The minimum Gasteiger partial charge on any atom is -0.489 e. The van der Waals surface area contributed by atoms with E-state index < -0.39 is 0 Å². The van der Waals surface area contributed by atoms with Crippen molar-refractivity contribution in [1.29, 1.82) is 0 Å². The van der Waals surface area contributed by atoms with Gasteiger partial charge in [-0.25, -0.2) is 0 Å². The molecule has 2 aromatic carbocycles. The average Bonchev–Trinajstić information content (AvgIpc) is 2.74. The molecular formula is C23H30N2O2. The van der Waals surface area contributed by atoms with Crippen molar-refractivity contribution >= 4 is 0 Å². The summed E-state index contributed by atoms with van der Waals surface area (Å²) < 4.78 is 11.5. The molecule has 0 bridgehead atoms. The first-order valence-electron chi connectivity index (χ1n) is 10.2. The van der Waals surface area contributed by atoms with Crippen LogP contribution in [0, 0.1) is 0 Å². The van der Waals surface area contributed by atoms with E-state index in [1.165, 1.54) is 30.5 Å². The zero-order chi connectivity index (χ0) is 18.3. The lowest BCUT2D eigenvalue weighted by atomic mass is 10.0. The van der Waals surface area contributed by atoms with Gasteiger partial charge >= 0.3 is 0 Å². The number of hydrogen-bond acceptors (Lipinski definition) is 4. The van der Waals surface area contributed by atoms with E-state index in [9.17, 15) is 0 Å². The molecule has 4 heteroatoms. The van der Waals surface area contributed by atoms with Gasteiger partial charge in [0.05, 0.1) is 13.2 Å². The number of hydrogen-bond donors (Lipinski definition) is 0. The van der Waals surface area contributed by atoms with Gasteiger partial charge in [-0.15, -0.1) is 0 Å². The summed E-state index contributed by atoms with van der Waals surface area (Å²) in [5.41, 5.74) is 2.54. The quantitative estimate of drug-likeness (QED) is 0.780. The third-order valence-corrected chi connectivity index (χ3v) is 5.60. The van der Waals surface area contributed by atoms with Crippen LogP contribution in [0.4, 0.5) is 0 Å². The lowest BCUT2D eigenvalue weighted by molar-refractivity contribution is -0.00358. The molecule has 0 radical (unpaired) electrons. The molecule has 4 nitrogen and oxygen atoms in total. The summed E-state index contributed by atoms with van der Waals surface area (Å²) in [6.07, 6.45) is 2.60. The summed E-state index contributed by atoms with van der Waals surface area (Å²) in [6, 6.07) is 19.6. The standard InChI is InChI=1S/C23H30N2O2/c1-2-6-20(7-3-1)19-27-23-10-4-8-21(16-23)17-24-11-5-9-22(18-24)25-12-14-26-15-13-25/h1-4,6-8,10,16,22H,5,9,11-15,17-19H2/t22-/m0/s1. The highest BCUT2D eigenvalue weighted by atomic mass is 16.5. The van der Waals surface area contributed by atoms with Gasteiger partial charge in [0.15, 0.2) is 0 Å². The Morgan fingerprint density at radius 1 is 0.926 bits per heavy atom. The van der Waals surface area contributed by atoms with Crippen molar-refractivity contribution in [1.82, 2.24) is 9.80 Å². The van der Waals surface area contributed by atoms with Crippen LogP contribution in [-0.2, 0) is 17.9 Å². The molecule has 0 unspecified atom stereocenters. The summed E-state index contributed by atoms with van der Waals surface area (Å²) in [7, 11) is 0. The first-order chi connectivity index (χ1) is 13.4. The SMILES string of the molecule is c1ccc(COc2cccc(CN3CCC[C@H](N4CCOCC4)C3)c2)cc1. The maximum atomic E-state index is 6.00. The van der Waals surface area contributed by atoms with E-state index in [-0.39, 0.29) is 0 Å². The summed E-state index contributed by atoms with van der Waals surface area (Å²) in [4.78, 5) is 5.22. The second kappa shape index (κ2) is 9.36. The number of morpholine rings is 1. The van der Waals surface area contributed by atoms with E-state index in [4.69, 9.17) is 9.47 Å². The molecule has 144 valence electrons. The summed E-state index contributed by atoms with van der Waals surface area (Å²) in [5.74, 6) is 0.957. The summed E-state index contributed by atoms with van der Waals surface area (Å²) in [6.45, 7) is 7.92. The fourth-order valence-corrected chi connectivity index (χ4v) is 4.15. The lowest BCUT2D eigenvalue weighted by Crippen LogP contribution is -2.51. The highest BCUT2D eigenvalue weighted by molar-refractivity contribution is 5.29. The van der Waals surface area contributed by atoms with Crippen LogP contribution in [0.5, 0.6) is 5.75 Å². The van der Waals surface area contributed by atoms with Crippen LogP contribution in [0.3, 0.4) is 0 Å². The van der Waals surface area contributed by atoms with Gasteiger partial charge in [-0.1, -0.05) is 42.5 Å². The van der Waals surface area contributed by atoms with Crippen LogP contribution in [0.2, 0.25) is 0 Å². The third-order valence-electron chi connectivity index (χ3n) is 5.60. The molecule has 0 aromatic heterocycles. The molecule has 27 heavy (non-hydrogen) atoms.